The Hall–Kier alpha value is -1.45. The van der Waals surface area contributed by atoms with Crippen LogP contribution in [0.4, 0.5) is 0 Å². The van der Waals surface area contributed by atoms with Crippen LogP contribution in [0, 0.1) is 0 Å². The molecule has 3 heteroatoms. The minimum absolute atomic E-state index is 0.0353. The van der Waals surface area contributed by atoms with E-state index in [2.05, 4.69) is 6.07 Å². The minimum Gasteiger partial charge on any atom is -0.324 e. The highest BCUT2D eigenvalue weighted by Gasteiger charge is 2.09. The van der Waals surface area contributed by atoms with Gasteiger partial charge in [-0.1, -0.05) is 36.4 Å². The molecular formula is C16H19NOS. The summed E-state index contributed by atoms with van der Waals surface area (Å²) in [6.07, 6.45) is 2.79. The van der Waals surface area contributed by atoms with Crippen molar-refractivity contribution in [2.45, 2.75) is 31.7 Å². The maximum absolute atomic E-state index is 11.8. The summed E-state index contributed by atoms with van der Waals surface area (Å²) >= 11 is 1.71. The predicted molar refractivity (Wildman–Crippen MR) is 80.3 cm³/mol. The number of hydrogen-bond acceptors (Lipinski definition) is 3. The lowest BCUT2D eigenvalue weighted by atomic mass is 10.0. The summed E-state index contributed by atoms with van der Waals surface area (Å²) in [6.45, 7) is 0. The van der Waals surface area contributed by atoms with Crippen molar-refractivity contribution in [3.63, 3.8) is 0 Å². The topological polar surface area (TPSA) is 43.1 Å². The van der Waals surface area contributed by atoms with Crippen molar-refractivity contribution < 1.29 is 4.79 Å². The van der Waals surface area contributed by atoms with Gasteiger partial charge in [0.05, 0.1) is 0 Å². The Balaban J connectivity index is 1.71. The van der Waals surface area contributed by atoms with Gasteiger partial charge in [-0.25, -0.2) is 0 Å². The van der Waals surface area contributed by atoms with Gasteiger partial charge in [0, 0.05) is 23.8 Å². The van der Waals surface area contributed by atoms with E-state index in [1.807, 2.05) is 41.8 Å². The van der Waals surface area contributed by atoms with E-state index in [1.165, 1.54) is 4.88 Å². The second-order valence-corrected chi connectivity index (χ2v) is 5.71. The quantitative estimate of drug-likeness (QED) is 0.835. The third-order valence-electron chi connectivity index (χ3n) is 3.19. The van der Waals surface area contributed by atoms with Crippen LogP contribution in [0.25, 0.3) is 0 Å². The first-order valence-corrected chi connectivity index (χ1v) is 7.48. The summed E-state index contributed by atoms with van der Waals surface area (Å²) < 4.78 is 0. The SMILES string of the molecule is NC(CCC(=O)CCc1cccs1)c1ccccc1. The molecule has 0 amide bonds. The molecule has 0 aliphatic heterocycles. The lowest BCUT2D eigenvalue weighted by molar-refractivity contribution is -0.119. The van der Waals surface area contributed by atoms with Gasteiger partial charge in [0.15, 0.2) is 0 Å². The van der Waals surface area contributed by atoms with Crippen LogP contribution < -0.4 is 5.73 Å². The summed E-state index contributed by atoms with van der Waals surface area (Å²) in [5, 5.41) is 2.05. The summed E-state index contributed by atoms with van der Waals surface area (Å²) in [7, 11) is 0. The summed E-state index contributed by atoms with van der Waals surface area (Å²) in [5.74, 6) is 0.305. The second-order valence-electron chi connectivity index (χ2n) is 4.67. The molecule has 2 nitrogen and oxygen atoms in total. The first-order valence-electron chi connectivity index (χ1n) is 6.60. The van der Waals surface area contributed by atoms with Crippen molar-refractivity contribution in [2.75, 3.05) is 0 Å². The summed E-state index contributed by atoms with van der Waals surface area (Å²) in [6, 6.07) is 14.0. The van der Waals surface area contributed by atoms with E-state index < -0.39 is 0 Å². The molecule has 2 rings (SSSR count). The lowest BCUT2D eigenvalue weighted by Gasteiger charge is -2.11. The molecule has 2 aromatic rings. The molecule has 0 bridgehead atoms. The van der Waals surface area contributed by atoms with E-state index in [0.717, 1.165) is 18.4 Å². The molecule has 1 unspecified atom stereocenters. The van der Waals surface area contributed by atoms with Gasteiger partial charge in [0.1, 0.15) is 5.78 Å². The third kappa shape index (κ3) is 4.62. The number of rotatable bonds is 7. The fraction of sp³-hybridized carbons (Fsp3) is 0.312. The van der Waals surface area contributed by atoms with Crippen LogP contribution in [0.3, 0.4) is 0 Å². The second kappa shape index (κ2) is 7.22. The van der Waals surface area contributed by atoms with Crippen LogP contribution in [0.5, 0.6) is 0 Å². The van der Waals surface area contributed by atoms with Crippen LogP contribution in [0.2, 0.25) is 0 Å². The zero-order chi connectivity index (χ0) is 13.5. The van der Waals surface area contributed by atoms with Gasteiger partial charge >= 0.3 is 0 Å². The van der Waals surface area contributed by atoms with Crippen LogP contribution in [-0.4, -0.2) is 5.78 Å². The Labute approximate surface area is 118 Å². The highest BCUT2D eigenvalue weighted by atomic mass is 32.1. The molecule has 0 spiro atoms. The number of hydrogen-bond donors (Lipinski definition) is 1. The Morgan fingerprint density at radius 2 is 1.89 bits per heavy atom. The van der Waals surface area contributed by atoms with Crippen molar-refractivity contribution in [2.24, 2.45) is 5.73 Å². The van der Waals surface area contributed by atoms with E-state index in [4.69, 9.17) is 5.73 Å². The molecule has 1 heterocycles. The number of Topliss-reactive ketones (excluding diaryl/α,β-unsaturated/α-hetero) is 1. The summed E-state index contributed by atoms with van der Waals surface area (Å²) in [5.41, 5.74) is 7.19. The Morgan fingerprint density at radius 1 is 1.11 bits per heavy atom. The predicted octanol–water partition coefficient (Wildman–Crippen LogP) is 3.73. The highest BCUT2D eigenvalue weighted by Crippen LogP contribution is 2.17. The molecule has 2 N–H and O–H groups in total. The van der Waals surface area contributed by atoms with Gasteiger partial charge in [0.25, 0.3) is 0 Å². The number of nitrogens with two attached hydrogens (primary N) is 1. The molecule has 0 saturated carbocycles. The van der Waals surface area contributed by atoms with E-state index >= 15 is 0 Å². The summed E-state index contributed by atoms with van der Waals surface area (Å²) in [4.78, 5) is 13.1. The van der Waals surface area contributed by atoms with Gasteiger partial charge in [-0.05, 0) is 29.9 Å². The fourth-order valence-corrected chi connectivity index (χ4v) is 2.73. The van der Waals surface area contributed by atoms with E-state index in [0.29, 0.717) is 18.6 Å². The molecule has 100 valence electrons. The Bertz CT molecular complexity index is 493. The smallest absolute Gasteiger partial charge is 0.133 e. The molecule has 1 aromatic heterocycles. The molecule has 1 aromatic carbocycles. The van der Waals surface area contributed by atoms with Crippen LogP contribution in [0.15, 0.2) is 47.8 Å². The van der Waals surface area contributed by atoms with Crippen molar-refractivity contribution in [1.82, 2.24) is 0 Å². The average molecular weight is 273 g/mol. The number of carbonyl (C=O) groups excluding carboxylic acids is 1. The molecule has 0 saturated heterocycles. The number of carbonyl (C=O) groups is 1. The largest absolute Gasteiger partial charge is 0.324 e. The molecule has 1 atom stereocenters. The first-order chi connectivity index (χ1) is 9.25. The van der Waals surface area contributed by atoms with E-state index in [9.17, 15) is 4.79 Å². The zero-order valence-electron chi connectivity index (χ0n) is 10.9. The molecule has 19 heavy (non-hydrogen) atoms. The fourth-order valence-electron chi connectivity index (χ4n) is 2.03. The van der Waals surface area contributed by atoms with Crippen LogP contribution in [-0.2, 0) is 11.2 Å². The van der Waals surface area contributed by atoms with Gasteiger partial charge in [0.2, 0.25) is 0 Å². The van der Waals surface area contributed by atoms with Gasteiger partial charge in [-0.3, -0.25) is 4.79 Å². The van der Waals surface area contributed by atoms with Crippen LogP contribution >= 0.6 is 11.3 Å². The maximum Gasteiger partial charge on any atom is 0.133 e. The van der Waals surface area contributed by atoms with Crippen molar-refractivity contribution in [3.05, 3.63) is 58.3 Å². The Kier molecular flexibility index (Phi) is 5.31. The molecular weight excluding hydrogens is 254 g/mol. The number of thiophene rings is 1. The molecule has 0 aliphatic carbocycles. The van der Waals surface area contributed by atoms with Crippen LogP contribution in [0.1, 0.15) is 35.7 Å². The normalized spacial score (nSPS) is 12.3. The zero-order valence-corrected chi connectivity index (χ0v) is 11.7. The molecule has 0 fully saturated rings. The molecule has 0 radical (unpaired) electrons. The monoisotopic (exact) mass is 273 g/mol. The average Bonchev–Trinajstić information content (AvgIpc) is 2.96. The maximum atomic E-state index is 11.8. The molecule has 0 aliphatic rings. The van der Waals surface area contributed by atoms with Crippen molar-refractivity contribution in [3.8, 4) is 0 Å². The van der Waals surface area contributed by atoms with Gasteiger partial charge in [-0.2, -0.15) is 0 Å². The van der Waals surface area contributed by atoms with Gasteiger partial charge in [-0.15, -0.1) is 11.3 Å². The lowest BCUT2D eigenvalue weighted by Crippen LogP contribution is -2.12. The third-order valence-corrected chi connectivity index (χ3v) is 4.13. The first kappa shape index (κ1) is 14.0. The van der Waals surface area contributed by atoms with E-state index in [-0.39, 0.29) is 6.04 Å². The highest BCUT2D eigenvalue weighted by molar-refractivity contribution is 7.09. The number of aryl methyl sites for hydroxylation is 1. The number of benzene rings is 1. The minimum atomic E-state index is -0.0353. The van der Waals surface area contributed by atoms with Gasteiger partial charge < -0.3 is 5.73 Å². The Morgan fingerprint density at radius 3 is 2.58 bits per heavy atom. The van der Waals surface area contributed by atoms with E-state index in [1.54, 1.807) is 11.3 Å². The number of ketones is 1. The standard InChI is InChI=1S/C16H19NOS/c17-16(13-5-2-1-3-6-13)11-9-14(18)8-10-15-7-4-12-19-15/h1-7,12,16H,8-11,17H2. The van der Waals surface area contributed by atoms with Crippen molar-refractivity contribution in [1.29, 1.82) is 0 Å². The van der Waals surface area contributed by atoms with Crippen molar-refractivity contribution >= 4 is 17.1 Å².